The summed E-state index contributed by atoms with van der Waals surface area (Å²) in [5, 5.41) is 21.8. The molecule has 1 saturated heterocycles. The van der Waals surface area contributed by atoms with Crippen molar-refractivity contribution >= 4 is 16.9 Å². The highest BCUT2D eigenvalue weighted by Gasteiger charge is 2.27. The van der Waals surface area contributed by atoms with E-state index in [1.165, 1.54) is 0 Å². The minimum atomic E-state index is -0.665. The molecule has 158 valence electrons. The average molecular weight is 408 g/mol. The summed E-state index contributed by atoms with van der Waals surface area (Å²) in [6.45, 7) is 5.34. The predicted octanol–water partition coefficient (Wildman–Crippen LogP) is 3.80. The number of amides is 1. The van der Waals surface area contributed by atoms with Crippen LogP contribution in [0.2, 0.25) is 0 Å². The molecule has 2 N–H and O–H groups in total. The van der Waals surface area contributed by atoms with Gasteiger partial charge in [0.05, 0.1) is 11.6 Å². The molecule has 30 heavy (non-hydrogen) atoms. The Labute approximate surface area is 176 Å². The lowest BCUT2D eigenvalue weighted by Gasteiger charge is -2.20. The number of imidazole rings is 1. The molecule has 0 aliphatic carbocycles. The molecule has 0 saturated carbocycles. The van der Waals surface area contributed by atoms with E-state index in [9.17, 15) is 15.0 Å². The molecule has 0 radical (unpaired) electrons. The second-order valence-corrected chi connectivity index (χ2v) is 8.25. The van der Waals surface area contributed by atoms with Gasteiger partial charge in [0.1, 0.15) is 17.1 Å². The molecule has 1 atom stereocenters. The van der Waals surface area contributed by atoms with Crippen LogP contribution in [0.5, 0.6) is 5.75 Å². The second-order valence-electron chi connectivity index (χ2n) is 8.25. The van der Waals surface area contributed by atoms with Gasteiger partial charge in [-0.15, -0.1) is 0 Å². The number of fused-ring (bicyclic) bond motifs is 1. The van der Waals surface area contributed by atoms with Crippen molar-refractivity contribution in [2.24, 2.45) is 7.05 Å². The molecule has 1 amide bonds. The zero-order chi connectivity index (χ0) is 21.4. The summed E-state index contributed by atoms with van der Waals surface area (Å²) in [5.74, 6) is 0.775. The first kappa shape index (κ1) is 20.4. The van der Waals surface area contributed by atoms with Crippen LogP contribution in [0.1, 0.15) is 58.2 Å². The first-order valence-corrected chi connectivity index (χ1v) is 10.6. The van der Waals surface area contributed by atoms with Gasteiger partial charge >= 0.3 is 0 Å². The summed E-state index contributed by atoms with van der Waals surface area (Å²) in [4.78, 5) is 19.6. The zero-order valence-electron chi connectivity index (χ0n) is 17.9. The van der Waals surface area contributed by atoms with Crippen LogP contribution < -0.4 is 0 Å². The number of phenols is 1. The van der Waals surface area contributed by atoms with Crippen molar-refractivity contribution in [2.75, 3.05) is 13.1 Å². The smallest absolute Gasteiger partial charge is 0.254 e. The maximum atomic E-state index is 13.3. The van der Waals surface area contributed by atoms with Crippen LogP contribution >= 0.6 is 0 Å². The number of nitrogens with zero attached hydrogens (tertiary/aromatic N) is 3. The number of aliphatic hydroxyl groups is 1. The van der Waals surface area contributed by atoms with Gasteiger partial charge in [0, 0.05) is 31.3 Å². The topological polar surface area (TPSA) is 78.6 Å². The van der Waals surface area contributed by atoms with E-state index in [0.717, 1.165) is 48.4 Å². The highest BCUT2D eigenvalue weighted by molar-refractivity contribution is 6.01. The Kier molecular flexibility index (Phi) is 5.52. The van der Waals surface area contributed by atoms with Crippen molar-refractivity contribution in [1.82, 2.24) is 14.5 Å². The lowest BCUT2D eigenvalue weighted by atomic mass is 9.94. The molecule has 0 spiro atoms. The molecule has 0 bridgehead atoms. The molecule has 6 nitrogen and oxygen atoms in total. The summed E-state index contributed by atoms with van der Waals surface area (Å²) in [6.07, 6.45) is 2.15. The van der Waals surface area contributed by atoms with Crippen molar-refractivity contribution < 1.29 is 15.0 Å². The van der Waals surface area contributed by atoms with Gasteiger partial charge < -0.3 is 19.7 Å². The maximum absolute atomic E-state index is 13.3. The Morgan fingerprint density at radius 3 is 2.60 bits per heavy atom. The molecular weight excluding hydrogens is 378 g/mol. The molecule has 1 aromatic heterocycles. The number of rotatable bonds is 5. The highest BCUT2D eigenvalue weighted by Crippen LogP contribution is 2.35. The van der Waals surface area contributed by atoms with Crippen molar-refractivity contribution in [2.45, 2.75) is 45.6 Å². The molecule has 1 aliphatic rings. The molecule has 1 unspecified atom stereocenters. The number of aryl methyl sites for hydroxylation is 3. The molecule has 4 rings (SSSR count). The van der Waals surface area contributed by atoms with Crippen LogP contribution in [0.3, 0.4) is 0 Å². The summed E-state index contributed by atoms with van der Waals surface area (Å²) in [7, 11) is 1.88. The fourth-order valence-electron chi connectivity index (χ4n) is 4.39. The number of aromatic hydroxyl groups is 1. The van der Waals surface area contributed by atoms with Gasteiger partial charge in [-0.2, -0.15) is 0 Å². The Morgan fingerprint density at radius 1 is 1.20 bits per heavy atom. The Hall–Kier alpha value is -2.86. The van der Waals surface area contributed by atoms with Crippen LogP contribution in [0, 0.1) is 13.8 Å². The van der Waals surface area contributed by atoms with Gasteiger partial charge in [0.25, 0.3) is 5.91 Å². The number of hydrogen-bond donors (Lipinski definition) is 2. The predicted molar refractivity (Wildman–Crippen MR) is 117 cm³/mol. The fourth-order valence-corrected chi connectivity index (χ4v) is 4.39. The van der Waals surface area contributed by atoms with Crippen LogP contribution in [0.15, 0.2) is 30.3 Å². The van der Waals surface area contributed by atoms with Gasteiger partial charge in [-0.25, -0.2) is 4.98 Å². The standard InChI is InChI=1S/C24H29N3O3/c1-15-8-4-5-9-17(15)21(28)11-10-18-19(24(30)27-12-6-7-13-27)14-20-22(23(18)29)25-16(2)26(20)3/h4-5,8-9,14,21,28-29H,6-7,10-13H2,1-3H3. The Morgan fingerprint density at radius 2 is 1.90 bits per heavy atom. The highest BCUT2D eigenvalue weighted by atomic mass is 16.3. The lowest BCUT2D eigenvalue weighted by Crippen LogP contribution is -2.28. The minimum absolute atomic E-state index is 0.0516. The van der Waals surface area contributed by atoms with Gasteiger partial charge in [-0.3, -0.25) is 4.79 Å². The van der Waals surface area contributed by atoms with Crippen LogP contribution in [-0.2, 0) is 13.5 Å². The summed E-state index contributed by atoms with van der Waals surface area (Å²) < 4.78 is 1.89. The van der Waals surface area contributed by atoms with Gasteiger partial charge in [-0.05, 0) is 56.7 Å². The van der Waals surface area contributed by atoms with Crippen LogP contribution in [-0.4, -0.2) is 43.7 Å². The maximum Gasteiger partial charge on any atom is 0.254 e. The van der Waals surface area contributed by atoms with E-state index in [0.29, 0.717) is 29.5 Å². The third kappa shape index (κ3) is 3.56. The molecule has 2 aromatic carbocycles. The van der Waals surface area contributed by atoms with Crippen molar-refractivity contribution in [3.8, 4) is 5.75 Å². The molecular formula is C24H29N3O3. The molecule has 1 fully saturated rings. The molecule has 6 heteroatoms. The summed E-state index contributed by atoms with van der Waals surface area (Å²) in [6, 6.07) is 9.60. The first-order valence-electron chi connectivity index (χ1n) is 10.6. The number of carbonyl (C=O) groups excluding carboxylic acids is 1. The van der Waals surface area contributed by atoms with Gasteiger partial charge in [-0.1, -0.05) is 24.3 Å². The lowest BCUT2D eigenvalue weighted by molar-refractivity contribution is 0.0790. The van der Waals surface area contributed by atoms with Crippen molar-refractivity contribution in [1.29, 1.82) is 0 Å². The third-order valence-corrected chi connectivity index (χ3v) is 6.32. The number of likely N-dealkylation sites (tertiary alicyclic amines) is 1. The first-order chi connectivity index (χ1) is 14.4. The Bertz CT molecular complexity index is 1100. The van der Waals surface area contributed by atoms with Gasteiger partial charge in [0.2, 0.25) is 0 Å². The molecule has 2 heterocycles. The SMILES string of the molecule is Cc1ccccc1C(O)CCc1c(C(=O)N2CCCC2)cc2c(nc(C)n2C)c1O. The second kappa shape index (κ2) is 8.11. The Balaban J connectivity index is 1.73. The van der Waals surface area contributed by atoms with E-state index in [2.05, 4.69) is 4.98 Å². The zero-order valence-corrected chi connectivity index (χ0v) is 17.9. The van der Waals surface area contributed by atoms with Crippen molar-refractivity contribution in [3.05, 3.63) is 58.4 Å². The quantitative estimate of drug-likeness (QED) is 0.674. The third-order valence-electron chi connectivity index (χ3n) is 6.32. The number of phenolic OH excluding ortho intramolecular Hbond substituents is 1. The van der Waals surface area contributed by atoms with E-state index in [1.54, 1.807) is 0 Å². The number of benzene rings is 2. The number of aromatic nitrogens is 2. The van der Waals surface area contributed by atoms with E-state index < -0.39 is 6.10 Å². The summed E-state index contributed by atoms with van der Waals surface area (Å²) >= 11 is 0. The monoisotopic (exact) mass is 407 g/mol. The van der Waals surface area contributed by atoms with E-state index >= 15 is 0 Å². The molecule has 3 aromatic rings. The number of hydrogen-bond acceptors (Lipinski definition) is 4. The minimum Gasteiger partial charge on any atom is -0.505 e. The average Bonchev–Trinajstić information content (AvgIpc) is 3.36. The van der Waals surface area contributed by atoms with Crippen LogP contribution in [0.4, 0.5) is 0 Å². The number of carbonyl (C=O) groups is 1. The van der Waals surface area contributed by atoms with Gasteiger partial charge in [0.15, 0.2) is 0 Å². The fraction of sp³-hybridized carbons (Fsp3) is 0.417. The van der Waals surface area contributed by atoms with E-state index in [1.807, 2.05) is 60.7 Å². The molecule has 1 aliphatic heterocycles. The van der Waals surface area contributed by atoms with Crippen molar-refractivity contribution in [3.63, 3.8) is 0 Å². The van der Waals surface area contributed by atoms with E-state index in [4.69, 9.17) is 0 Å². The largest absolute Gasteiger partial charge is 0.505 e. The van der Waals surface area contributed by atoms with Crippen LogP contribution in [0.25, 0.3) is 11.0 Å². The number of aliphatic hydroxyl groups excluding tert-OH is 1. The van der Waals surface area contributed by atoms with E-state index in [-0.39, 0.29) is 11.7 Å². The summed E-state index contributed by atoms with van der Waals surface area (Å²) in [5.41, 5.74) is 4.24. The normalized spacial score (nSPS) is 15.1.